The molecule has 1 N–H and O–H groups in total. The van der Waals surface area contributed by atoms with Gasteiger partial charge in [-0.25, -0.2) is 9.59 Å². The summed E-state index contributed by atoms with van der Waals surface area (Å²) in [5.41, 5.74) is 0.736. The fourth-order valence-electron chi connectivity index (χ4n) is 3.39. The second-order valence-electron chi connectivity index (χ2n) is 6.73. The van der Waals surface area contributed by atoms with E-state index in [2.05, 4.69) is 10.1 Å². The van der Waals surface area contributed by atoms with E-state index >= 15 is 0 Å². The topological polar surface area (TPSA) is 120 Å². The number of piperidine rings is 1. The zero-order valence-electron chi connectivity index (χ0n) is 16.7. The number of benzene rings is 1. The number of carbonyl (C=O) groups excluding carboxylic acids is 4. The maximum atomic E-state index is 12.5. The molecule has 10 heteroatoms. The van der Waals surface area contributed by atoms with Crippen LogP contribution in [0.15, 0.2) is 41.7 Å². The first kappa shape index (κ1) is 21.2. The first-order valence-corrected chi connectivity index (χ1v) is 9.20. The number of alkyl carbamates (subject to hydrolysis) is 1. The number of hydrogen-bond donors (Lipinski definition) is 1. The molecular weight excluding hydrogens is 396 g/mol. The van der Waals surface area contributed by atoms with Crippen molar-refractivity contribution in [1.29, 1.82) is 0 Å². The molecule has 2 aliphatic heterocycles. The van der Waals surface area contributed by atoms with Crippen molar-refractivity contribution in [2.45, 2.75) is 31.6 Å². The Hall–Kier alpha value is -3.56. The van der Waals surface area contributed by atoms with Crippen molar-refractivity contribution in [2.24, 2.45) is 0 Å². The lowest BCUT2D eigenvalue weighted by atomic mass is 10.1. The van der Waals surface area contributed by atoms with Gasteiger partial charge in [-0.05, 0) is 5.56 Å². The van der Waals surface area contributed by atoms with E-state index in [1.807, 2.05) is 18.2 Å². The molecule has 0 radical (unpaired) electrons. The molecule has 160 valence electrons. The molecule has 3 rings (SSSR count). The number of methoxy groups -OCH3 is 2. The van der Waals surface area contributed by atoms with E-state index in [0.29, 0.717) is 6.54 Å². The minimum absolute atomic E-state index is 0.0418. The number of fused-ring (bicyclic) bond motifs is 1. The predicted molar refractivity (Wildman–Crippen MR) is 101 cm³/mol. The van der Waals surface area contributed by atoms with Crippen molar-refractivity contribution in [3.05, 3.63) is 47.3 Å². The van der Waals surface area contributed by atoms with Crippen LogP contribution in [-0.2, 0) is 39.8 Å². The Morgan fingerprint density at radius 2 is 1.77 bits per heavy atom. The Balaban J connectivity index is 1.88. The van der Waals surface area contributed by atoms with Crippen molar-refractivity contribution >= 4 is 24.0 Å². The summed E-state index contributed by atoms with van der Waals surface area (Å²) in [4.78, 5) is 49.9. The van der Waals surface area contributed by atoms with Crippen LogP contribution in [0.3, 0.4) is 0 Å². The third-order valence-electron chi connectivity index (χ3n) is 4.72. The van der Waals surface area contributed by atoms with Gasteiger partial charge in [-0.2, -0.15) is 0 Å². The van der Waals surface area contributed by atoms with Crippen LogP contribution in [0, 0.1) is 0 Å². The van der Waals surface area contributed by atoms with Gasteiger partial charge in [0.1, 0.15) is 0 Å². The zero-order chi connectivity index (χ0) is 21.8. The minimum atomic E-state index is -1.08. The molecule has 0 bridgehead atoms. The number of esters is 3. The fraction of sp³-hybridized carbons (Fsp3) is 0.400. The standard InChI is InChI=1S/C20H22N2O8/c1-11(23)29-18-16(15(19(25)27-2)21-20(26)28-3)22-10-13(22)17(18)30-14(24)9-12-7-5-4-6-8-12/h4-8,13,17-18H,9-10H2,1-3H3,(H,21,26)/b16-15+/t13-,17+,18+,22?/m0/s1. The molecule has 0 aromatic heterocycles. The highest BCUT2D eigenvalue weighted by Gasteiger charge is 2.60. The second kappa shape index (κ2) is 8.85. The summed E-state index contributed by atoms with van der Waals surface area (Å²) in [6.07, 6.45) is -2.76. The zero-order valence-corrected chi connectivity index (χ0v) is 16.7. The van der Waals surface area contributed by atoms with Gasteiger partial charge in [0.15, 0.2) is 17.9 Å². The van der Waals surface area contributed by atoms with Gasteiger partial charge in [-0.3, -0.25) is 14.9 Å². The maximum absolute atomic E-state index is 12.5. The van der Waals surface area contributed by atoms with Gasteiger partial charge in [0, 0.05) is 13.5 Å². The van der Waals surface area contributed by atoms with Crippen LogP contribution < -0.4 is 5.32 Å². The number of nitrogens with one attached hydrogen (secondary N) is 1. The molecule has 0 saturated carbocycles. The quantitative estimate of drug-likeness (QED) is 0.305. The van der Waals surface area contributed by atoms with E-state index in [9.17, 15) is 19.2 Å². The molecule has 0 aliphatic carbocycles. The Morgan fingerprint density at radius 3 is 2.37 bits per heavy atom. The van der Waals surface area contributed by atoms with Crippen LogP contribution in [0.25, 0.3) is 0 Å². The van der Waals surface area contributed by atoms with E-state index < -0.39 is 36.2 Å². The van der Waals surface area contributed by atoms with Crippen LogP contribution in [-0.4, -0.2) is 67.9 Å². The largest absolute Gasteiger partial charge is 0.464 e. The second-order valence-corrected chi connectivity index (χ2v) is 6.73. The highest BCUT2D eigenvalue weighted by Crippen LogP contribution is 2.44. The third kappa shape index (κ3) is 4.53. The number of hydrogen-bond acceptors (Lipinski definition) is 9. The molecule has 1 aromatic carbocycles. The van der Waals surface area contributed by atoms with Gasteiger partial charge < -0.3 is 23.8 Å². The van der Waals surface area contributed by atoms with Gasteiger partial charge in [-0.1, -0.05) is 30.3 Å². The average Bonchev–Trinajstić information content (AvgIpc) is 3.45. The van der Waals surface area contributed by atoms with Crippen LogP contribution in [0.4, 0.5) is 4.79 Å². The van der Waals surface area contributed by atoms with Crippen molar-refractivity contribution in [2.75, 3.05) is 20.8 Å². The van der Waals surface area contributed by atoms with Crippen molar-refractivity contribution in [1.82, 2.24) is 10.2 Å². The first-order chi connectivity index (χ1) is 14.3. The first-order valence-electron chi connectivity index (χ1n) is 9.20. The molecular formula is C20H22N2O8. The molecule has 2 fully saturated rings. The van der Waals surface area contributed by atoms with Crippen molar-refractivity contribution in [3.63, 3.8) is 0 Å². The van der Waals surface area contributed by atoms with Crippen molar-refractivity contribution < 1.29 is 38.1 Å². The molecule has 0 unspecified atom stereocenters. The van der Waals surface area contributed by atoms with Gasteiger partial charge >= 0.3 is 24.0 Å². The molecule has 0 spiro atoms. The van der Waals surface area contributed by atoms with E-state index in [1.54, 1.807) is 17.0 Å². The van der Waals surface area contributed by atoms with Crippen molar-refractivity contribution in [3.8, 4) is 0 Å². The van der Waals surface area contributed by atoms with Gasteiger partial charge in [0.05, 0.1) is 32.4 Å². The molecule has 1 aromatic rings. The summed E-state index contributed by atoms with van der Waals surface area (Å²) >= 11 is 0. The molecule has 2 aliphatic rings. The summed E-state index contributed by atoms with van der Waals surface area (Å²) in [5, 5.41) is 2.30. The van der Waals surface area contributed by atoms with Gasteiger partial charge in [-0.15, -0.1) is 0 Å². The Kier molecular flexibility index (Phi) is 6.24. The molecule has 2 saturated heterocycles. The minimum Gasteiger partial charge on any atom is -0.464 e. The Bertz CT molecular complexity index is 882. The van der Waals surface area contributed by atoms with E-state index in [-0.39, 0.29) is 23.9 Å². The summed E-state index contributed by atoms with van der Waals surface area (Å²) in [6, 6.07) is 8.76. The third-order valence-corrected chi connectivity index (χ3v) is 4.72. The van der Waals surface area contributed by atoms with Crippen LogP contribution >= 0.6 is 0 Å². The smallest absolute Gasteiger partial charge is 0.411 e. The van der Waals surface area contributed by atoms with Crippen LogP contribution in [0.2, 0.25) is 0 Å². The number of nitrogens with zero attached hydrogens (tertiary/aromatic N) is 1. The van der Waals surface area contributed by atoms with Gasteiger partial charge in [0.25, 0.3) is 0 Å². The lowest BCUT2D eigenvalue weighted by Gasteiger charge is -2.24. The van der Waals surface area contributed by atoms with Crippen LogP contribution in [0.1, 0.15) is 12.5 Å². The normalized spacial score (nSPS) is 23.0. The SMILES string of the molecule is COC(=O)N/C(C(=O)OC)=C1\[C@@H](OC(C)=O)[C@H](OC(=O)Cc2ccccc2)[C@@H]2CN12. The summed E-state index contributed by atoms with van der Waals surface area (Å²) in [6.45, 7) is 1.66. The molecule has 1 amide bonds. The number of carbonyl (C=O) groups is 4. The highest BCUT2D eigenvalue weighted by atomic mass is 16.6. The number of amides is 1. The Labute approximate surface area is 172 Å². The lowest BCUT2D eigenvalue weighted by molar-refractivity contribution is -0.161. The monoisotopic (exact) mass is 418 g/mol. The van der Waals surface area contributed by atoms with E-state index in [1.165, 1.54) is 6.92 Å². The lowest BCUT2D eigenvalue weighted by Crippen LogP contribution is -2.39. The molecule has 10 nitrogen and oxygen atoms in total. The van der Waals surface area contributed by atoms with Crippen LogP contribution in [0.5, 0.6) is 0 Å². The van der Waals surface area contributed by atoms with E-state index in [4.69, 9.17) is 14.2 Å². The number of ether oxygens (including phenoxy) is 4. The summed E-state index contributed by atoms with van der Waals surface area (Å²) in [5.74, 6) is -1.99. The Morgan fingerprint density at radius 1 is 1.07 bits per heavy atom. The summed E-state index contributed by atoms with van der Waals surface area (Å²) < 4.78 is 20.3. The summed E-state index contributed by atoms with van der Waals surface area (Å²) in [7, 11) is 2.29. The highest BCUT2D eigenvalue weighted by molar-refractivity contribution is 5.93. The molecule has 30 heavy (non-hydrogen) atoms. The number of rotatable bonds is 6. The van der Waals surface area contributed by atoms with E-state index in [0.717, 1.165) is 19.8 Å². The average molecular weight is 418 g/mol. The maximum Gasteiger partial charge on any atom is 0.411 e. The predicted octanol–water partition coefficient (Wildman–Crippen LogP) is 0.511. The van der Waals surface area contributed by atoms with Gasteiger partial charge in [0.2, 0.25) is 0 Å². The molecule has 3 atom stereocenters. The molecule has 2 heterocycles. The fourth-order valence-corrected chi connectivity index (χ4v) is 3.39.